The topological polar surface area (TPSA) is 109 Å². The zero-order valence-corrected chi connectivity index (χ0v) is 24.7. The number of amides is 2. The smallest absolute Gasteiger partial charge is 0.246 e. The maximum absolute atomic E-state index is 13.5. The number of primary amides is 1. The van der Waals surface area contributed by atoms with E-state index in [1.807, 2.05) is 23.1 Å². The Morgan fingerprint density at radius 1 is 1.00 bits per heavy atom. The summed E-state index contributed by atoms with van der Waals surface area (Å²) in [5.74, 6) is 2.23. The van der Waals surface area contributed by atoms with Gasteiger partial charge < -0.3 is 20.7 Å². The van der Waals surface area contributed by atoms with Gasteiger partial charge >= 0.3 is 0 Å². The van der Waals surface area contributed by atoms with Crippen LogP contribution in [-0.4, -0.2) is 48.4 Å². The number of ether oxygens (including phenoxy) is 1. The third kappa shape index (κ3) is 6.13. The van der Waals surface area contributed by atoms with Crippen molar-refractivity contribution in [1.29, 1.82) is 0 Å². The first-order valence-electron chi connectivity index (χ1n) is 16.4. The van der Waals surface area contributed by atoms with Crippen molar-refractivity contribution in [2.75, 3.05) is 19.7 Å². The lowest BCUT2D eigenvalue weighted by Gasteiger charge is -2.54. The molecule has 6 rings (SSSR count). The van der Waals surface area contributed by atoms with Gasteiger partial charge in [-0.2, -0.15) is 0 Å². The monoisotopic (exact) mass is 563 g/mol. The highest BCUT2D eigenvalue weighted by Gasteiger charge is 2.53. The average Bonchev–Trinajstić information content (AvgIpc) is 3.37. The maximum atomic E-state index is 13.5. The van der Waals surface area contributed by atoms with Crippen LogP contribution in [-0.2, 0) is 16.1 Å². The number of fused-ring (bicyclic) bond motifs is 2. The minimum absolute atomic E-state index is 0.0200. The molecule has 8 heteroatoms. The Morgan fingerprint density at radius 3 is 2.37 bits per heavy atom. The Kier molecular flexibility index (Phi) is 8.84. The number of nitrogens with two attached hydrogens (primary N) is 1. The molecule has 2 saturated heterocycles. The zero-order chi connectivity index (χ0) is 28.2. The molecule has 4 N–H and O–H groups in total. The van der Waals surface area contributed by atoms with Gasteiger partial charge in [0.05, 0.1) is 12.3 Å². The SMILES string of the molecule is NC(=O)C(CCOc1ccc2c(c1)CN1CC(=O)NC1=N2)C(CC1CCCCN1)(C1CCCCC1)C1CCCCC1. The van der Waals surface area contributed by atoms with Gasteiger partial charge in [-0.15, -0.1) is 0 Å². The molecule has 8 nitrogen and oxygen atoms in total. The number of aliphatic imine (C=N–C) groups is 1. The number of carbonyl (C=O) groups excluding carboxylic acids is 2. The average molecular weight is 564 g/mol. The maximum Gasteiger partial charge on any atom is 0.246 e. The molecule has 0 aromatic heterocycles. The number of piperidine rings is 1. The van der Waals surface area contributed by atoms with Crippen molar-refractivity contribution >= 4 is 23.5 Å². The molecule has 0 radical (unpaired) electrons. The lowest BCUT2D eigenvalue weighted by atomic mass is 9.50. The fourth-order valence-electron chi connectivity index (χ4n) is 9.08. The quantitative estimate of drug-likeness (QED) is 0.364. The van der Waals surface area contributed by atoms with Gasteiger partial charge in [0.25, 0.3) is 0 Å². The lowest BCUT2D eigenvalue weighted by molar-refractivity contribution is -0.136. The third-order valence-electron chi connectivity index (χ3n) is 10.9. The van der Waals surface area contributed by atoms with Crippen LogP contribution in [0.15, 0.2) is 23.2 Å². The molecule has 3 heterocycles. The summed E-state index contributed by atoms with van der Waals surface area (Å²) in [6.45, 7) is 2.54. The van der Waals surface area contributed by atoms with E-state index in [9.17, 15) is 9.59 Å². The summed E-state index contributed by atoms with van der Waals surface area (Å²) >= 11 is 0. The van der Waals surface area contributed by atoms with Crippen LogP contribution >= 0.6 is 0 Å². The second-order valence-corrected chi connectivity index (χ2v) is 13.4. The van der Waals surface area contributed by atoms with E-state index >= 15 is 0 Å². The van der Waals surface area contributed by atoms with Crippen LogP contribution in [0.3, 0.4) is 0 Å². The van der Waals surface area contributed by atoms with E-state index in [4.69, 9.17) is 10.5 Å². The lowest BCUT2D eigenvalue weighted by Crippen LogP contribution is -2.54. The highest BCUT2D eigenvalue weighted by Crippen LogP contribution is 2.57. The molecule has 2 aliphatic carbocycles. The molecular formula is C33H49N5O3. The summed E-state index contributed by atoms with van der Waals surface area (Å²) in [7, 11) is 0. The van der Waals surface area contributed by atoms with Crippen LogP contribution in [0.1, 0.15) is 102 Å². The molecule has 3 aliphatic heterocycles. The number of benzene rings is 1. The number of nitrogens with one attached hydrogen (secondary N) is 2. The van der Waals surface area contributed by atoms with Crippen LogP contribution in [0.4, 0.5) is 5.69 Å². The molecule has 2 amide bonds. The Balaban J connectivity index is 1.23. The molecule has 5 aliphatic rings. The summed E-state index contributed by atoms with van der Waals surface area (Å²) in [5, 5.41) is 6.68. The van der Waals surface area contributed by atoms with Crippen LogP contribution < -0.4 is 21.1 Å². The Bertz CT molecular complexity index is 1100. The minimum atomic E-state index is -0.177. The standard InChI is InChI=1S/C33H49N5O3/c34-31(40)28(16-18-41-27-14-15-29-23(19-27)21-38-22-30(39)37-32(38)36-29)33(24-9-3-1-4-10-24,25-11-5-2-6-12-25)20-26-13-7-8-17-35-26/h14-15,19,24-26,28,35H,1-13,16-18,20-22H2,(H2,34,40)(H,36,37,39). The molecule has 2 saturated carbocycles. The van der Waals surface area contributed by atoms with Gasteiger partial charge in [-0.05, 0) is 93.4 Å². The van der Waals surface area contributed by atoms with Crippen molar-refractivity contribution in [3.05, 3.63) is 23.8 Å². The molecule has 1 aromatic carbocycles. The second kappa shape index (κ2) is 12.7. The largest absolute Gasteiger partial charge is 0.494 e. The number of rotatable bonds is 10. The third-order valence-corrected chi connectivity index (χ3v) is 10.9. The summed E-state index contributed by atoms with van der Waals surface area (Å²) in [6, 6.07) is 6.44. The van der Waals surface area contributed by atoms with Crippen molar-refractivity contribution in [2.45, 2.75) is 109 Å². The summed E-state index contributed by atoms with van der Waals surface area (Å²) in [6.07, 6.45) is 18.1. The Morgan fingerprint density at radius 2 is 1.71 bits per heavy atom. The van der Waals surface area contributed by atoms with Crippen molar-refractivity contribution in [2.24, 2.45) is 33.9 Å². The number of nitrogens with zero attached hydrogens (tertiary/aromatic N) is 2. The van der Waals surface area contributed by atoms with E-state index < -0.39 is 0 Å². The molecule has 224 valence electrons. The number of hydrogen-bond acceptors (Lipinski definition) is 6. The predicted molar refractivity (Wildman–Crippen MR) is 161 cm³/mol. The van der Waals surface area contributed by atoms with Crippen LogP contribution in [0.25, 0.3) is 0 Å². The van der Waals surface area contributed by atoms with Crippen LogP contribution in [0.2, 0.25) is 0 Å². The number of carbonyl (C=O) groups is 2. The minimum Gasteiger partial charge on any atom is -0.494 e. The first kappa shape index (κ1) is 28.5. The molecule has 4 fully saturated rings. The van der Waals surface area contributed by atoms with E-state index in [2.05, 4.69) is 15.6 Å². The number of guanidine groups is 1. The molecule has 41 heavy (non-hydrogen) atoms. The van der Waals surface area contributed by atoms with Gasteiger partial charge in [0.2, 0.25) is 17.8 Å². The molecule has 1 aromatic rings. The Hall–Kier alpha value is -2.61. The molecule has 2 atom stereocenters. The Labute approximate surface area is 245 Å². The van der Waals surface area contributed by atoms with Gasteiger partial charge in [-0.1, -0.05) is 44.9 Å². The fourth-order valence-corrected chi connectivity index (χ4v) is 9.08. The van der Waals surface area contributed by atoms with Gasteiger partial charge in [0.15, 0.2) is 0 Å². The van der Waals surface area contributed by atoms with Crippen molar-refractivity contribution in [3.63, 3.8) is 0 Å². The molecule has 0 bridgehead atoms. The van der Waals surface area contributed by atoms with Gasteiger partial charge in [-0.25, -0.2) is 4.99 Å². The van der Waals surface area contributed by atoms with Gasteiger partial charge in [0, 0.05) is 24.1 Å². The molecule has 2 unspecified atom stereocenters. The summed E-state index contributed by atoms with van der Waals surface area (Å²) < 4.78 is 6.37. The van der Waals surface area contributed by atoms with Crippen LogP contribution in [0.5, 0.6) is 5.75 Å². The predicted octanol–water partition coefficient (Wildman–Crippen LogP) is 5.17. The van der Waals surface area contributed by atoms with Gasteiger partial charge in [-0.3, -0.25) is 14.9 Å². The van der Waals surface area contributed by atoms with Crippen LogP contribution in [0, 0.1) is 23.2 Å². The van der Waals surface area contributed by atoms with E-state index in [1.165, 1.54) is 83.5 Å². The second-order valence-electron chi connectivity index (χ2n) is 13.4. The van der Waals surface area contributed by atoms with E-state index in [-0.39, 0.29) is 23.1 Å². The van der Waals surface area contributed by atoms with Crippen molar-refractivity contribution in [3.8, 4) is 5.75 Å². The normalized spacial score (nSPS) is 24.7. The first-order valence-corrected chi connectivity index (χ1v) is 16.4. The molecule has 0 spiro atoms. The van der Waals surface area contributed by atoms with Gasteiger partial charge in [0.1, 0.15) is 12.3 Å². The highest BCUT2D eigenvalue weighted by atomic mass is 16.5. The molecular weight excluding hydrogens is 514 g/mol. The summed E-state index contributed by atoms with van der Waals surface area (Å²) in [5.41, 5.74) is 8.27. The summed E-state index contributed by atoms with van der Waals surface area (Å²) in [4.78, 5) is 31.9. The number of hydrogen-bond donors (Lipinski definition) is 3. The van der Waals surface area contributed by atoms with Crippen molar-refractivity contribution < 1.29 is 14.3 Å². The first-order chi connectivity index (χ1) is 20.0. The zero-order valence-electron chi connectivity index (χ0n) is 24.7. The van der Waals surface area contributed by atoms with E-state index in [0.29, 0.717) is 50.0 Å². The fraction of sp³-hybridized carbons (Fsp3) is 0.727. The van der Waals surface area contributed by atoms with Crippen molar-refractivity contribution in [1.82, 2.24) is 15.5 Å². The van der Waals surface area contributed by atoms with E-state index in [0.717, 1.165) is 30.0 Å². The van der Waals surface area contributed by atoms with E-state index in [1.54, 1.807) is 0 Å². The highest BCUT2D eigenvalue weighted by molar-refractivity contribution is 6.05.